The van der Waals surface area contributed by atoms with Gasteiger partial charge in [-0.2, -0.15) is 0 Å². The van der Waals surface area contributed by atoms with Gasteiger partial charge in [-0.3, -0.25) is 0 Å². The van der Waals surface area contributed by atoms with Crippen molar-refractivity contribution in [1.29, 1.82) is 0 Å². The van der Waals surface area contributed by atoms with Gasteiger partial charge in [0.05, 0.1) is 74.4 Å². The van der Waals surface area contributed by atoms with Crippen molar-refractivity contribution < 1.29 is 24.4 Å². The summed E-state index contributed by atoms with van der Waals surface area (Å²) < 4.78 is 16.3. The number of hydrogen-bond acceptors (Lipinski definition) is 5. The zero-order chi connectivity index (χ0) is 16.1. The quantitative estimate of drug-likeness (QED) is 0.441. The van der Waals surface area contributed by atoms with Crippen LogP contribution in [0.15, 0.2) is 0 Å². The average molecular weight is 388 g/mol. The summed E-state index contributed by atoms with van der Waals surface area (Å²) in [5.74, 6) is 0.718. The molecule has 0 aliphatic carbocycles. The Hall–Kier alpha value is 0.960. The van der Waals surface area contributed by atoms with Gasteiger partial charge < -0.3 is 24.4 Å². The minimum absolute atomic E-state index is 0.0884. The van der Waals surface area contributed by atoms with Gasteiger partial charge in [0.15, 0.2) is 0 Å². The molecule has 0 aliphatic rings. The number of aliphatic hydroxyl groups excluding tert-OH is 2. The van der Waals surface area contributed by atoms with E-state index in [-0.39, 0.29) is 62.2 Å². The SMILES string of the molecule is OCC(CCl)OCC(CCl)OCC(CCl)OCC(O)CCl. The first kappa shape index (κ1) is 22.0. The Morgan fingerprint density at radius 1 is 0.667 bits per heavy atom. The van der Waals surface area contributed by atoms with Crippen LogP contribution < -0.4 is 0 Å². The molecule has 0 bridgehead atoms. The van der Waals surface area contributed by atoms with Gasteiger partial charge in [-0.25, -0.2) is 0 Å². The molecule has 0 saturated carbocycles. The molecule has 0 amide bonds. The molecule has 0 spiro atoms. The van der Waals surface area contributed by atoms with Crippen molar-refractivity contribution in [1.82, 2.24) is 0 Å². The summed E-state index contributed by atoms with van der Waals surface area (Å²) in [6, 6.07) is 0. The van der Waals surface area contributed by atoms with E-state index in [1.54, 1.807) is 0 Å². The maximum absolute atomic E-state index is 9.31. The van der Waals surface area contributed by atoms with Crippen LogP contribution in [0.4, 0.5) is 0 Å². The Balaban J connectivity index is 3.99. The van der Waals surface area contributed by atoms with Gasteiger partial charge in [-0.1, -0.05) is 0 Å². The normalized spacial score (nSPS) is 17.4. The van der Waals surface area contributed by atoms with E-state index in [2.05, 4.69) is 0 Å². The zero-order valence-electron chi connectivity index (χ0n) is 11.6. The molecule has 0 saturated heterocycles. The second-order valence-electron chi connectivity index (χ2n) is 4.32. The van der Waals surface area contributed by atoms with E-state index in [0.29, 0.717) is 0 Å². The molecule has 2 N–H and O–H groups in total. The monoisotopic (exact) mass is 386 g/mol. The van der Waals surface area contributed by atoms with Crippen LogP contribution in [-0.4, -0.2) is 84.6 Å². The smallest absolute Gasteiger partial charge is 0.0944 e. The predicted molar refractivity (Wildman–Crippen MR) is 85.2 cm³/mol. The highest BCUT2D eigenvalue weighted by Gasteiger charge is 2.16. The van der Waals surface area contributed by atoms with Crippen LogP contribution in [-0.2, 0) is 14.2 Å². The van der Waals surface area contributed by atoms with Crippen LogP contribution in [0, 0.1) is 0 Å². The lowest BCUT2D eigenvalue weighted by Crippen LogP contribution is -2.33. The van der Waals surface area contributed by atoms with Crippen LogP contribution in [0.2, 0.25) is 0 Å². The summed E-state index contributed by atoms with van der Waals surface area (Å²) in [6.45, 7) is 0.345. The standard InChI is InChI=1S/C12H22Cl4O5/c13-1-9(18)6-19-11(3-15)8-21-12(4-16)7-20-10(2-14)5-17/h9-12,17-18H,1-8H2. The van der Waals surface area contributed by atoms with E-state index >= 15 is 0 Å². The van der Waals surface area contributed by atoms with E-state index in [1.165, 1.54) is 0 Å². The lowest BCUT2D eigenvalue weighted by atomic mass is 10.3. The fraction of sp³-hybridized carbons (Fsp3) is 1.00. The summed E-state index contributed by atoms with van der Waals surface area (Å²) >= 11 is 22.6. The molecule has 0 aromatic carbocycles. The summed E-state index contributed by atoms with van der Waals surface area (Å²) in [6.07, 6.45) is -1.92. The zero-order valence-corrected chi connectivity index (χ0v) is 14.6. The molecule has 4 unspecified atom stereocenters. The van der Waals surface area contributed by atoms with E-state index in [0.717, 1.165) is 0 Å². The highest BCUT2D eigenvalue weighted by molar-refractivity contribution is 6.18. The Morgan fingerprint density at radius 3 is 1.48 bits per heavy atom. The molecule has 5 nitrogen and oxygen atoms in total. The molecule has 0 heterocycles. The van der Waals surface area contributed by atoms with Crippen LogP contribution in [0.3, 0.4) is 0 Å². The minimum Gasteiger partial charge on any atom is -0.394 e. The molecule has 4 atom stereocenters. The molecule has 21 heavy (non-hydrogen) atoms. The Kier molecular flexibility index (Phi) is 15.2. The third-order valence-corrected chi connectivity index (χ3v) is 3.85. The number of ether oxygens (including phenoxy) is 3. The fourth-order valence-electron chi connectivity index (χ4n) is 1.20. The molecule has 128 valence electrons. The number of rotatable bonds is 14. The maximum Gasteiger partial charge on any atom is 0.0944 e. The van der Waals surface area contributed by atoms with Gasteiger partial charge in [-0.05, 0) is 0 Å². The summed E-state index contributed by atoms with van der Waals surface area (Å²) in [5.41, 5.74) is 0. The molecule has 0 aliphatic heterocycles. The fourth-order valence-corrected chi connectivity index (χ4v) is 1.83. The van der Waals surface area contributed by atoms with Crippen molar-refractivity contribution in [3.05, 3.63) is 0 Å². The van der Waals surface area contributed by atoms with Crippen LogP contribution in [0.1, 0.15) is 0 Å². The number of hydrogen-bond donors (Lipinski definition) is 2. The topological polar surface area (TPSA) is 68.2 Å². The van der Waals surface area contributed by atoms with Gasteiger partial charge in [0.2, 0.25) is 0 Å². The van der Waals surface area contributed by atoms with Gasteiger partial charge in [0, 0.05) is 0 Å². The first-order chi connectivity index (χ1) is 10.1. The predicted octanol–water partition coefficient (Wildman–Crippen LogP) is 1.45. The molecular weight excluding hydrogens is 366 g/mol. The van der Waals surface area contributed by atoms with Crippen LogP contribution in [0.5, 0.6) is 0 Å². The largest absolute Gasteiger partial charge is 0.394 e. The molecular formula is C12H22Cl4O5. The third-order valence-electron chi connectivity index (χ3n) is 2.46. The van der Waals surface area contributed by atoms with E-state index in [1.807, 2.05) is 0 Å². The van der Waals surface area contributed by atoms with Crippen molar-refractivity contribution in [2.75, 3.05) is 49.9 Å². The number of alkyl halides is 4. The minimum atomic E-state index is -0.737. The van der Waals surface area contributed by atoms with Crippen molar-refractivity contribution >= 4 is 46.4 Å². The van der Waals surface area contributed by atoms with Crippen molar-refractivity contribution in [3.63, 3.8) is 0 Å². The van der Waals surface area contributed by atoms with Crippen molar-refractivity contribution in [2.45, 2.75) is 24.4 Å². The maximum atomic E-state index is 9.31. The summed E-state index contributed by atoms with van der Waals surface area (Å²) in [7, 11) is 0. The van der Waals surface area contributed by atoms with Gasteiger partial charge in [-0.15, -0.1) is 46.4 Å². The van der Waals surface area contributed by atoms with E-state index in [9.17, 15) is 5.11 Å². The molecule has 0 aromatic rings. The van der Waals surface area contributed by atoms with Crippen molar-refractivity contribution in [3.8, 4) is 0 Å². The Bertz CT molecular complexity index is 234. The summed E-state index contributed by atoms with van der Waals surface area (Å²) in [4.78, 5) is 0. The van der Waals surface area contributed by atoms with Crippen molar-refractivity contribution in [2.24, 2.45) is 0 Å². The number of halogens is 4. The average Bonchev–Trinajstić information content (AvgIpc) is 2.53. The first-order valence-electron chi connectivity index (χ1n) is 6.48. The van der Waals surface area contributed by atoms with Gasteiger partial charge in [0.25, 0.3) is 0 Å². The first-order valence-corrected chi connectivity index (χ1v) is 8.62. The molecule has 0 fully saturated rings. The molecule has 9 heteroatoms. The van der Waals surface area contributed by atoms with Crippen LogP contribution >= 0.6 is 46.4 Å². The van der Waals surface area contributed by atoms with E-state index < -0.39 is 12.2 Å². The second kappa shape index (κ2) is 14.5. The Labute approximate surface area is 145 Å². The lowest BCUT2D eigenvalue weighted by Gasteiger charge is -2.22. The molecule has 0 radical (unpaired) electrons. The lowest BCUT2D eigenvalue weighted by molar-refractivity contribution is -0.0798. The van der Waals surface area contributed by atoms with Gasteiger partial charge >= 0.3 is 0 Å². The second-order valence-corrected chi connectivity index (χ2v) is 5.55. The van der Waals surface area contributed by atoms with E-state index in [4.69, 9.17) is 65.7 Å². The summed E-state index contributed by atoms with van der Waals surface area (Å²) in [5, 5.41) is 18.3. The Morgan fingerprint density at radius 2 is 1.10 bits per heavy atom. The molecule has 0 rings (SSSR count). The highest BCUT2D eigenvalue weighted by Crippen LogP contribution is 2.05. The highest BCUT2D eigenvalue weighted by atomic mass is 35.5. The van der Waals surface area contributed by atoms with Crippen LogP contribution in [0.25, 0.3) is 0 Å². The molecule has 0 aromatic heterocycles. The third kappa shape index (κ3) is 11.2. The van der Waals surface area contributed by atoms with Gasteiger partial charge in [0.1, 0.15) is 0 Å². The number of aliphatic hydroxyl groups is 2.